The molecule has 1 aromatic rings. The molecule has 1 N–H and O–H groups in total. The zero-order valence-electron chi connectivity index (χ0n) is 10.3. The summed E-state index contributed by atoms with van der Waals surface area (Å²) in [6.45, 7) is 0. The Labute approximate surface area is 106 Å². The third-order valence-electron chi connectivity index (χ3n) is 3.13. The third kappa shape index (κ3) is 2.63. The Balaban J connectivity index is 2.00. The molecular formula is C10H16N4O3S. The fourth-order valence-electron chi connectivity index (χ4n) is 1.94. The number of nitrogens with one attached hydrogen (secondary N) is 1. The first kappa shape index (κ1) is 12.9. The molecule has 0 spiro atoms. The van der Waals surface area contributed by atoms with Crippen LogP contribution in [0.1, 0.15) is 6.42 Å². The average molecular weight is 272 g/mol. The summed E-state index contributed by atoms with van der Waals surface area (Å²) in [5, 5.41) is 6.62. The van der Waals surface area contributed by atoms with Gasteiger partial charge < -0.3 is 4.90 Å². The number of anilines is 1. The molecule has 0 bridgehead atoms. The quantitative estimate of drug-likeness (QED) is 0.825. The summed E-state index contributed by atoms with van der Waals surface area (Å²) in [4.78, 5) is 13.4. The van der Waals surface area contributed by atoms with Crippen molar-refractivity contribution in [1.29, 1.82) is 0 Å². The number of amides is 2. The van der Waals surface area contributed by atoms with Crippen LogP contribution in [0.2, 0.25) is 0 Å². The molecule has 1 aliphatic heterocycles. The van der Waals surface area contributed by atoms with Crippen LogP contribution >= 0.6 is 0 Å². The highest BCUT2D eigenvalue weighted by Gasteiger charge is 2.32. The number of aryl methyl sites for hydroxylation is 1. The minimum absolute atomic E-state index is 0.0440. The Morgan fingerprint density at radius 2 is 2.33 bits per heavy atom. The SMILES string of the molecule is CN(C(=O)Nc1ccnn1C)C1CCS(=O)(=O)C1. The Kier molecular flexibility index (Phi) is 3.29. The minimum Gasteiger partial charge on any atom is -0.324 e. The van der Waals surface area contributed by atoms with Crippen LogP contribution in [-0.4, -0.2) is 53.7 Å². The van der Waals surface area contributed by atoms with Crippen LogP contribution in [0.4, 0.5) is 10.6 Å². The molecule has 1 saturated heterocycles. The molecule has 1 aliphatic rings. The lowest BCUT2D eigenvalue weighted by atomic mass is 10.2. The molecule has 1 unspecified atom stereocenters. The summed E-state index contributed by atoms with van der Waals surface area (Å²) in [6.07, 6.45) is 2.08. The van der Waals surface area contributed by atoms with Crippen LogP contribution in [0, 0.1) is 0 Å². The van der Waals surface area contributed by atoms with Crippen molar-refractivity contribution >= 4 is 21.7 Å². The number of aromatic nitrogens is 2. The van der Waals surface area contributed by atoms with Gasteiger partial charge in [-0.25, -0.2) is 13.2 Å². The number of sulfone groups is 1. The van der Waals surface area contributed by atoms with E-state index in [1.54, 1.807) is 26.4 Å². The molecule has 18 heavy (non-hydrogen) atoms. The maximum Gasteiger partial charge on any atom is 0.323 e. The van der Waals surface area contributed by atoms with E-state index in [1.807, 2.05) is 0 Å². The molecule has 2 rings (SSSR count). The number of rotatable bonds is 2. The van der Waals surface area contributed by atoms with Crippen LogP contribution in [0.15, 0.2) is 12.3 Å². The molecule has 0 saturated carbocycles. The molecule has 0 radical (unpaired) electrons. The third-order valence-corrected chi connectivity index (χ3v) is 4.88. The highest BCUT2D eigenvalue weighted by atomic mass is 32.2. The Hall–Kier alpha value is -1.57. The average Bonchev–Trinajstić information content (AvgIpc) is 2.84. The van der Waals surface area contributed by atoms with Crippen molar-refractivity contribution < 1.29 is 13.2 Å². The van der Waals surface area contributed by atoms with Gasteiger partial charge in [0.25, 0.3) is 0 Å². The second-order valence-electron chi connectivity index (χ2n) is 4.44. The van der Waals surface area contributed by atoms with Gasteiger partial charge in [-0.1, -0.05) is 0 Å². The first-order valence-electron chi connectivity index (χ1n) is 5.61. The largest absolute Gasteiger partial charge is 0.324 e. The number of hydrogen-bond acceptors (Lipinski definition) is 4. The summed E-state index contributed by atoms with van der Waals surface area (Å²) >= 11 is 0. The van der Waals surface area contributed by atoms with E-state index in [9.17, 15) is 13.2 Å². The lowest BCUT2D eigenvalue weighted by Crippen LogP contribution is -2.40. The molecule has 0 aliphatic carbocycles. The second kappa shape index (κ2) is 4.60. The minimum atomic E-state index is -2.98. The predicted octanol–water partition coefficient (Wildman–Crippen LogP) is 0.0709. The smallest absolute Gasteiger partial charge is 0.323 e. The van der Waals surface area contributed by atoms with Gasteiger partial charge in [0.15, 0.2) is 9.84 Å². The van der Waals surface area contributed by atoms with E-state index in [0.717, 1.165) is 0 Å². The van der Waals surface area contributed by atoms with E-state index in [0.29, 0.717) is 12.2 Å². The lowest BCUT2D eigenvalue weighted by molar-refractivity contribution is 0.209. The van der Waals surface area contributed by atoms with Crippen molar-refractivity contribution in [2.75, 3.05) is 23.9 Å². The molecule has 7 nitrogen and oxygen atoms in total. The van der Waals surface area contributed by atoms with Gasteiger partial charge >= 0.3 is 6.03 Å². The van der Waals surface area contributed by atoms with E-state index in [-0.39, 0.29) is 23.6 Å². The van der Waals surface area contributed by atoms with Crippen LogP contribution in [0.3, 0.4) is 0 Å². The second-order valence-corrected chi connectivity index (χ2v) is 6.67. The number of carbonyl (C=O) groups is 1. The van der Waals surface area contributed by atoms with Crippen molar-refractivity contribution in [2.24, 2.45) is 7.05 Å². The Morgan fingerprint density at radius 1 is 1.61 bits per heavy atom. The number of nitrogens with zero attached hydrogens (tertiary/aromatic N) is 3. The Morgan fingerprint density at radius 3 is 2.83 bits per heavy atom. The zero-order chi connectivity index (χ0) is 13.3. The van der Waals surface area contributed by atoms with Gasteiger partial charge in [-0.3, -0.25) is 10.00 Å². The predicted molar refractivity (Wildman–Crippen MR) is 67.0 cm³/mol. The molecule has 2 heterocycles. The van der Waals surface area contributed by atoms with E-state index < -0.39 is 9.84 Å². The molecule has 1 atom stereocenters. The van der Waals surface area contributed by atoms with E-state index in [1.165, 1.54) is 9.58 Å². The number of hydrogen-bond donors (Lipinski definition) is 1. The standard InChI is InChI=1S/C10H16N4O3S/c1-13(8-4-6-18(16,17)7-8)10(15)12-9-3-5-11-14(9)2/h3,5,8H,4,6-7H2,1-2H3,(H,12,15). The van der Waals surface area contributed by atoms with Crippen molar-refractivity contribution in [3.63, 3.8) is 0 Å². The summed E-state index contributed by atoms with van der Waals surface area (Å²) < 4.78 is 24.3. The molecule has 100 valence electrons. The van der Waals surface area contributed by atoms with Crippen molar-refractivity contribution in [3.8, 4) is 0 Å². The fraction of sp³-hybridized carbons (Fsp3) is 0.600. The highest BCUT2D eigenvalue weighted by Crippen LogP contribution is 2.17. The highest BCUT2D eigenvalue weighted by molar-refractivity contribution is 7.91. The van der Waals surface area contributed by atoms with E-state index in [4.69, 9.17) is 0 Å². The molecule has 2 amide bonds. The number of carbonyl (C=O) groups excluding carboxylic acids is 1. The first-order chi connectivity index (χ1) is 8.39. The number of urea groups is 1. The van der Waals surface area contributed by atoms with Gasteiger partial charge in [0.1, 0.15) is 5.82 Å². The molecule has 0 aromatic carbocycles. The van der Waals surface area contributed by atoms with Crippen LogP contribution < -0.4 is 5.32 Å². The van der Waals surface area contributed by atoms with Crippen molar-refractivity contribution in [2.45, 2.75) is 12.5 Å². The van der Waals surface area contributed by atoms with Gasteiger partial charge in [0.05, 0.1) is 17.7 Å². The zero-order valence-corrected chi connectivity index (χ0v) is 11.1. The summed E-state index contributed by atoms with van der Waals surface area (Å²) in [5.74, 6) is 0.774. The monoisotopic (exact) mass is 272 g/mol. The van der Waals surface area contributed by atoms with Gasteiger partial charge in [0.2, 0.25) is 0 Å². The first-order valence-corrected chi connectivity index (χ1v) is 7.43. The summed E-state index contributed by atoms with van der Waals surface area (Å²) in [6, 6.07) is 1.11. The topological polar surface area (TPSA) is 84.3 Å². The molecule has 8 heteroatoms. The van der Waals surface area contributed by atoms with E-state index >= 15 is 0 Å². The molecular weight excluding hydrogens is 256 g/mol. The van der Waals surface area contributed by atoms with Gasteiger partial charge in [-0.05, 0) is 6.42 Å². The maximum absolute atomic E-state index is 11.9. The fourth-order valence-corrected chi connectivity index (χ4v) is 3.72. The normalized spacial score (nSPS) is 21.8. The summed E-state index contributed by atoms with van der Waals surface area (Å²) in [5.41, 5.74) is 0. The Bertz CT molecular complexity index is 551. The lowest BCUT2D eigenvalue weighted by Gasteiger charge is -2.23. The van der Waals surface area contributed by atoms with Crippen molar-refractivity contribution in [3.05, 3.63) is 12.3 Å². The molecule has 1 aromatic heterocycles. The van der Waals surface area contributed by atoms with Crippen LogP contribution in [-0.2, 0) is 16.9 Å². The van der Waals surface area contributed by atoms with Gasteiger partial charge in [0, 0.05) is 26.2 Å². The molecule has 1 fully saturated rings. The van der Waals surface area contributed by atoms with Crippen LogP contribution in [0.5, 0.6) is 0 Å². The summed E-state index contributed by atoms with van der Waals surface area (Å²) in [7, 11) is 0.343. The van der Waals surface area contributed by atoms with Gasteiger partial charge in [-0.2, -0.15) is 5.10 Å². The van der Waals surface area contributed by atoms with Crippen LogP contribution in [0.25, 0.3) is 0 Å². The van der Waals surface area contributed by atoms with Crippen molar-refractivity contribution in [1.82, 2.24) is 14.7 Å². The maximum atomic E-state index is 11.9. The van der Waals surface area contributed by atoms with Gasteiger partial charge in [-0.15, -0.1) is 0 Å². The van der Waals surface area contributed by atoms with E-state index in [2.05, 4.69) is 10.4 Å².